The molecule has 0 amide bonds. The van der Waals surface area contributed by atoms with Crippen LogP contribution in [0.4, 0.5) is 11.9 Å². The highest BCUT2D eigenvalue weighted by Gasteiger charge is 2.10. The first-order valence-electron chi connectivity index (χ1n) is 8.22. The molecule has 0 bridgehead atoms. The van der Waals surface area contributed by atoms with Crippen LogP contribution in [0, 0.1) is 0 Å². The summed E-state index contributed by atoms with van der Waals surface area (Å²) >= 11 is 0. The second-order valence-corrected chi connectivity index (χ2v) is 5.74. The molecule has 0 radical (unpaired) electrons. The van der Waals surface area contributed by atoms with Crippen molar-refractivity contribution in [3.63, 3.8) is 0 Å². The third kappa shape index (κ3) is 4.79. The highest BCUT2D eigenvalue weighted by Crippen LogP contribution is 2.23. The lowest BCUT2D eigenvalue weighted by molar-refractivity contribution is -0.131. The van der Waals surface area contributed by atoms with Crippen molar-refractivity contribution in [2.24, 2.45) is 0 Å². The van der Waals surface area contributed by atoms with Crippen LogP contribution < -0.4 is 16.2 Å². The summed E-state index contributed by atoms with van der Waals surface area (Å²) in [6.07, 6.45) is 0. The fourth-order valence-electron chi connectivity index (χ4n) is 2.41. The number of nitrogens with two attached hydrogens (primary N) is 2. The van der Waals surface area contributed by atoms with E-state index in [1.165, 1.54) is 6.92 Å². The quantitative estimate of drug-likeness (QED) is 0.502. The number of rotatable bonds is 5. The Labute approximate surface area is 160 Å². The van der Waals surface area contributed by atoms with E-state index in [1.807, 2.05) is 12.1 Å². The summed E-state index contributed by atoms with van der Waals surface area (Å²) in [4.78, 5) is 34.5. The molecule has 28 heavy (non-hydrogen) atoms. The van der Waals surface area contributed by atoms with Gasteiger partial charge in [-0.1, -0.05) is 24.3 Å². The Morgan fingerprint density at radius 2 is 1.39 bits per heavy atom. The summed E-state index contributed by atoms with van der Waals surface area (Å²) in [5.74, 6) is -0.350. The Bertz CT molecular complexity index is 984. The number of esters is 2. The minimum atomic E-state index is -0.533. The Morgan fingerprint density at radius 1 is 0.857 bits per heavy atom. The molecule has 3 aromatic rings. The molecule has 9 nitrogen and oxygen atoms in total. The third-order valence-electron chi connectivity index (χ3n) is 3.62. The molecular formula is C19H17N5O4. The third-order valence-corrected chi connectivity index (χ3v) is 3.62. The molecule has 0 aliphatic rings. The normalized spacial score (nSPS) is 10.3. The summed E-state index contributed by atoms with van der Waals surface area (Å²) < 4.78 is 10.2. The predicted octanol–water partition coefficient (Wildman–Crippen LogP) is 1.99. The van der Waals surface area contributed by atoms with Crippen LogP contribution >= 0.6 is 0 Å². The van der Waals surface area contributed by atoms with Crippen LogP contribution in [0.2, 0.25) is 0 Å². The molecule has 0 aliphatic carbocycles. The summed E-state index contributed by atoms with van der Waals surface area (Å²) in [5, 5.41) is 0. The van der Waals surface area contributed by atoms with E-state index in [0.29, 0.717) is 11.3 Å². The van der Waals surface area contributed by atoms with Crippen LogP contribution in [0.1, 0.15) is 23.1 Å². The van der Waals surface area contributed by atoms with Gasteiger partial charge >= 0.3 is 11.9 Å². The van der Waals surface area contributed by atoms with E-state index in [9.17, 15) is 9.59 Å². The molecule has 0 spiro atoms. The molecule has 0 aliphatic heterocycles. The maximum Gasteiger partial charge on any atom is 0.338 e. The van der Waals surface area contributed by atoms with Crippen molar-refractivity contribution in [2.75, 3.05) is 11.5 Å². The lowest BCUT2D eigenvalue weighted by Crippen LogP contribution is -2.11. The zero-order valence-electron chi connectivity index (χ0n) is 15.0. The summed E-state index contributed by atoms with van der Waals surface area (Å²) in [6.45, 7) is 1.17. The van der Waals surface area contributed by atoms with Crippen molar-refractivity contribution >= 4 is 23.8 Å². The van der Waals surface area contributed by atoms with E-state index in [0.717, 1.165) is 11.1 Å². The summed E-state index contributed by atoms with van der Waals surface area (Å²) in [5.41, 5.74) is 13.1. The summed E-state index contributed by atoms with van der Waals surface area (Å²) in [6, 6.07) is 13.9. The molecule has 1 aromatic heterocycles. The first kappa shape index (κ1) is 18.8. The number of anilines is 2. The van der Waals surface area contributed by atoms with Crippen molar-refractivity contribution in [2.45, 2.75) is 13.5 Å². The molecule has 4 N–H and O–H groups in total. The topological polar surface area (TPSA) is 143 Å². The molecule has 0 atom stereocenters. The van der Waals surface area contributed by atoms with Gasteiger partial charge in [-0.25, -0.2) is 4.79 Å². The van der Waals surface area contributed by atoms with Gasteiger partial charge in [0.25, 0.3) is 0 Å². The van der Waals surface area contributed by atoms with E-state index in [1.54, 1.807) is 36.4 Å². The van der Waals surface area contributed by atoms with Crippen LogP contribution in [0.15, 0.2) is 48.5 Å². The van der Waals surface area contributed by atoms with Crippen LogP contribution in [-0.2, 0) is 16.1 Å². The molecule has 1 heterocycles. The van der Waals surface area contributed by atoms with Gasteiger partial charge in [-0.05, 0) is 35.4 Å². The first-order chi connectivity index (χ1) is 13.4. The van der Waals surface area contributed by atoms with Crippen molar-refractivity contribution in [3.8, 4) is 16.9 Å². The Morgan fingerprint density at radius 3 is 1.93 bits per heavy atom. The van der Waals surface area contributed by atoms with E-state index in [2.05, 4.69) is 15.0 Å². The molecule has 0 saturated heterocycles. The smallest absolute Gasteiger partial charge is 0.338 e. The van der Waals surface area contributed by atoms with Crippen molar-refractivity contribution in [3.05, 3.63) is 59.9 Å². The number of carbonyl (C=O) groups excluding carboxylic acids is 2. The Balaban J connectivity index is 1.64. The first-order valence-corrected chi connectivity index (χ1v) is 8.22. The highest BCUT2D eigenvalue weighted by atomic mass is 16.5. The maximum absolute atomic E-state index is 12.2. The van der Waals surface area contributed by atoms with E-state index in [4.69, 9.17) is 20.9 Å². The highest BCUT2D eigenvalue weighted by molar-refractivity contribution is 5.90. The average molecular weight is 379 g/mol. The van der Waals surface area contributed by atoms with Crippen LogP contribution in [0.5, 0.6) is 5.75 Å². The molecule has 9 heteroatoms. The monoisotopic (exact) mass is 379 g/mol. The van der Waals surface area contributed by atoms with Gasteiger partial charge in [0.1, 0.15) is 5.75 Å². The lowest BCUT2D eigenvalue weighted by atomic mass is 10.0. The number of benzene rings is 2. The number of nitrogens with zero attached hydrogens (tertiary/aromatic N) is 3. The number of aromatic nitrogens is 3. The average Bonchev–Trinajstić information content (AvgIpc) is 2.66. The number of hydrogen-bond donors (Lipinski definition) is 2. The number of nitrogen functional groups attached to an aromatic ring is 2. The zero-order valence-corrected chi connectivity index (χ0v) is 15.0. The molecule has 0 fully saturated rings. The number of hydrogen-bond acceptors (Lipinski definition) is 9. The zero-order chi connectivity index (χ0) is 20.1. The molecular weight excluding hydrogens is 362 g/mol. The maximum atomic E-state index is 12.2. The predicted molar refractivity (Wildman–Crippen MR) is 101 cm³/mol. The van der Waals surface area contributed by atoms with E-state index < -0.39 is 5.97 Å². The largest absolute Gasteiger partial charge is 0.454 e. The van der Waals surface area contributed by atoms with Gasteiger partial charge in [-0.3, -0.25) is 4.79 Å². The van der Waals surface area contributed by atoms with Gasteiger partial charge in [0.2, 0.25) is 11.9 Å². The second kappa shape index (κ2) is 8.12. The molecule has 142 valence electrons. The van der Waals surface area contributed by atoms with Gasteiger partial charge in [0.15, 0.2) is 12.4 Å². The van der Waals surface area contributed by atoms with Crippen LogP contribution in [0.3, 0.4) is 0 Å². The minimum Gasteiger partial charge on any atom is -0.454 e. The molecule has 0 unspecified atom stereocenters. The van der Waals surface area contributed by atoms with Crippen LogP contribution in [0.25, 0.3) is 11.1 Å². The van der Waals surface area contributed by atoms with Gasteiger partial charge in [-0.2, -0.15) is 15.0 Å². The fourth-order valence-corrected chi connectivity index (χ4v) is 2.41. The Kier molecular flexibility index (Phi) is 5.45. The minimum absolute atomic E-state index is 0.0392. The molecule has 3 rings (SSSR count). The van der Waals surface area contributed by atoms with Crippen molar-refractivity contribution in [1.29, 1.82) is 0 Å². The number of carbonyl (C=O) groups is 2. The van der Waals surface area contributed by atoms with Gasteiger partial charge in [-0.15, -0.1) is 0 Å². The standard InChI is InChI=1S/C19H17N5O4/c1-11(25)28-15-8-6-13(7-9-15)12-2-4-14(5-3-12)17(26)27-10-16-22-18(20)24-19(21)23-16/h2-9H,10H2,1H3,(H4,20,21,22,23,24). The van der Waals surface area contributed by atoms with Gasteiger partial charge in [0, 0.05) is 6.92 Å². The second-order valence-electron chi connectivity index (χ2n) is 5.74. The SMILES string of the molecule is CC(=O)Oc1ccc(-c2ccc(C(=O)OCc3nc(N)nc(N)n3)cc2)cc1. The van der Waals surface area contributed by atoms with Crippen molar-refractivity contribution < 1.29 is 19.1 Å². The summed E-state index contributed by atoms with van der Waals surface area (Å²) in [7, 11) is 0. The Hall–Kier alpha value is -4.01. The van der Waals surface area contributed by atoms with E-state index in [-0.39, 0.29) is 30.3 Å². The lowest BCUT2D eigenvalue weighted by Gasteiger charge is -2.07. The molecule has 2 aromatic carbocycles. The van der Waals surface area contributed by atoms with Crippen molar-refractivity contribution in [1.82, 2.24) is 15.0 Å². The number of ether oxygens (including phenoxy) is 2. The van der Waals surface area contributed by atoms with Gasteiger partial charge < -0.3 is 20.9 Å². The van der Waals surface area contributed by atoms with E-state index >= 15 is 0 Å². The fraction of sp³-hybridized carbons (Fsp3) is 0.105. The van der Waals surface area contributed by atoms with Gasteiger partial charge in [0.05, 0.1) is 5.56 Å². The molecule has 0 saturated carbocycles. The van der Waals surface area contributed by atoms with Crippen LogP contribution in [-0.4, -0.2) is 26.9 Å².